The van der Waals surface area contributed by atoms with Gasteiger partial charge in [-0.3, -0.25) is 0 Å². The van der Waals surface area contributed by atoms with Gasteiger partial charge in [-0.25, -0.2) is 4.79 Å². The number of fused-ring (bicyclic) bond motifs is 1. The Morgan fingerprint density at radius 2 is 2.24 bits per heavy atom. The Kier molecular flexibility index (Phi) is 4.08. The summed E-state index contributed by atoms with van der Waals surface area (Å²) < 4.78 is 13.7. The lowest BCUT2D eigenvalue weighted by atomic mass is 10.1. The average Bonchev–Trinajstić information content (AvgIpc) is 3.16. The van der Waals surface area contributed by atoms with Gasteiger partial charge in [-0.05, 0) is 31.4 Å². The van der Waals surface area contributed by atoms with Crippen LogP contribution in [0, 0.1) is 6.92 Å². The van der Waals surface area contributed by atoms with E-state index >= 15 is 0 Å². The standard InChI is InChI=1S/C16H18N6O2S/c1-9-3-6-11-14(21-25-20-11)13(9)18-16(23)22(2)8-7-12-17-15(24-19-12)10-4-5-10/h3,6,10H,4-5,7-8H2,1-2H3,(H,18,23). The van der Waals surface area contributed by atoms with Crippen LogP contribution in [-0.2, 0) is 6.42 Å². The third-order valence-electron chi connectivity index (χ3n) is 4.30. The second kappa shape index (κ2) is 6.40. The molecule has 8 nitrogen and oxygen atoms in total. The number of nitrogens with zero attached hydrogens (tertiary/aromatic N) is 5. The first-order valence-electron chi connectivity index (χ1n) is 8.18. The van der Waals surface area contributed by atoms with Crippen molar-refractivity contribution in [2.75, 3.05) is 18.9 Å². The van der Waals surface area contributed by atoms with Crippen molar-refractivity contribution in [3.63, 3.8) is 0 Å². The summed E-state index contributed by atoms with van der Waals surface area (Å²) >= 11 is 1.14. The summed E-state index contributed by atoms with van der Waals surface area (Å²) in [5.74, 6) is 1.81. The Bertz CT molecular complexity index is 916. The highest BCUT2D eigenvalue weighted by Gasteiger charge is 2.29. The molecule has 4 rings (SSSR count). The minimum absolute atomic E-state index is 0.200. The highest BCUT2D eigenvalue weighted by Crippen LogP contribution is 2.38. The van der Waals surface area contributed by atoms with Crippen molar-refractivity contribution in [3.8, 4) is 0 Å². The van der Waals surface area contributed by atoms with E-state index in [4.69, 9.17) is 4.52 Å². The van der Waals surface area contributed by atoms with Crippen molar-refractivity contribution < 1.29 is 9.32 Å². The summed E-state index contributed by atoms with van der Waals surface area (Å²) in [6.07, 6.45) is 2.81. The average molecular weight is 358 g/mol. The molecule has 0 saturated heterocycles. The number of hydrogen-bond acceptors (Lipinski definition) is 7. The zero-order chi connectivity index (χ0) is 17.4. The van der Waals surface area contributed by atoms with Crippen LogP contribution in [-0.4, -0.2) is 43.4 Å². The number of likely N-dealkylation sites (N-methyl/N-ethyl adjacent to an activating group) is 1. The number of anilines is 1. The molecule has 3 aromatic rings. The Labute approximate surface area is 148 Å². The topological polar surface area (TPSA) is 97.0 Å². The molecular weight excluding hydrogens is 340 g/mol. The third kappa shape index (κ3) is 3.32. The van der Waals surface area contributed by atoms with E-state index in [-0.39, 0.29) is 6.03 Å². The summed E-state index contributed by atoms with van der Waals surface area (Å²) in [5, 5.41) is 6.92. The molecule has 1 aliphatic rings. The van der Waals surface area contributed by atoms with Crippen molar-refractivity contribution >= 4 is 34.5 Å². The third-order valence-corrected chi connectivity index (χ3v) is 4.84. The number of hydrogen-bond donors (Lipinski definition) is 1. The van der Waals surface area contributed by atoms with Crippen LogP contribution in [0.25, 0.3) is 11.0 Å². The molecule has 1 aliphatic carbocycles. The predicted molar refractivity (Wildman–Crippen MR) is 93.8 cm³/mol. The lowest BCUT2D eigenvalue weighted by molar-refractivity contribution is 0.222. The monoisotopic (exact) mass is 358 g/mol. The van der Waals surface area contributed by atoms with Gasteiger partial charge in [0.25, 0.3) is 0 Å². The molecule has 2 heterocycles. The first-order valence-corrected chi connectivity index (χ1v) is 8.91. The van der Waals surface area contributed by atoms with E-state index in [1.807, 2.05) is 19.1 Å². The Hall–Kier alpha value is -2.55. The van der Waals surface area contributed by atoms with E-state index in [0.29, 0.717) is 30.4 Å². The van der Waals surface area contributed by atoms with Gasteiger partial charge in [0.05, 0.1) is 17.4 Å². The van der Waals surface area contributed by atoms with E-state index in [1.165, 1.54) is 0 Å². The van der Waals surface area contributed by atoms with Crippen LogP contribution in [0.1, 0.15) is 36.0 Å². The highest BCUT2D eigenvalue weighted by atomic mass is 32.1. The Balaban J connectivity index is 1.39. The maximum atomic E-state index is 12.5. The van der Waals surface area contributed by atoms with Crippen LogP contribution in [0.5, 0.6) is 0 Å². The number of carbonyl (C=O) groups excluding carboxylic acids is 1. The molecule has 1 saturated carbocycles. The summed E-state index contributed by atoms with van der Waals surface area (Å²) in [7, 11) is 1.74. The fourth-order valence-electron chi connectivity index (χ4n) is 2.55. The van der Waals surface area contributed by atoms with Gasteiger partial charge in [0.2, 0.25) is 5.89 Å². The first-order chi connectivity index (χ1) is 12.1. The molecule has 0 aliphatic heterocycles. The number of nitrogens with one attached hydrogen (secondary N) is 1. The SMILES string of the molecule is Cc1ccc2nsnc2c1NC(=O)N(C)CCc1noc(C2CC2)n1. The number of aryl methyl sites for hydroxylation is 1. The quantitative estimate of drug-likeness (QED) is 0.753. The van der Waals surface area contributed by atoms with Crippen molar-refractivity contribution in [2.45, 2.75) is 32.1 Å². The summed E-state index contributed by atoms with van der Waals surface area (Å²) in [4.78, 5) is 18.5. The molecule has 0 bridgehead atoms. The maximum absolute atomic E-state index is 12.5. The summed E-state index contributed by atoms with van der Waals surface area (Å²) in [5.41, 5.74) is 3.17. The number of carbonyl (C=O) groups is 1. The number of aromatic nitrogens is 4. The second-order valence-corrected chi connectivity index (χ2v) is 6.84. The fraction of sp³-hybridized carbons (Fsp3) is 0.438. The normalized spacial score (nSPS) is 14.0. The van der Waals surface area contributed by atoms with Crippen molar-refractivity contribution in [2.24, 2.45) is 0 Å². The van der Waals surface area contributed by atoms with Crippen LogP contribution in [0.3, 0.4) is 0 Å². The fourth-order valence-corrected chi connectivity index (χ4v) is 3.09. The van der Waals surface area contributed by atoms with Crippen LogP contribution in [0.2, 0.25) is 0 Å². The molecule has 0 unspecified atom stereocenters. The zero-order valence-corrected chi connectivity index (χ0v) is 14.8. The van der Waals surface area contributed by atoms with Crippen molar-refractivity contribution in [1.82, 2.24) is 23.8 Å². The van der Waals surface area contributed by atoms with E-state index in [2.05, 4.69) is 24.2 Å². The second-order valence-electron chi connectivity index (χ2n) is 6.31. The van der Waals surface area contributed by atoms with Crippen LogP contribution in [0.15, 0.2) is 16.7 Å². The summed E-state index contributed by atoms with van der Waals surface area (Å²) in [6.45, 7) is 2.44. The molecule has 0 spiro atoms. The lowest BCUT2D eigenvalue weighted by Gasteiger charge is -2.18. The van der Waals surface area contributed by atoms with Crippen LogP contribution in [0.4, 0.5) is 10.5 Å². The van der Waals surface area contributed by atoms with E-state index in [1.54, 1.807) is 11.9 Å². The van der Waals surface area contributed by atoms with Gasteiger partial charge < -0.3 is 14.7 Å². The maximum Gasteiger partial charge on any atom is 0.321 e. The van der Waals surface area contributed by atoms with Gasteiger partial charge in [0.15, 0.2) is 5.82 Å². The van der Waals surface area contributed by atoms with E-state index in [0.717, 1.165) is 47.1 Å². The van der Waals surface area contributed by atoms with Gasteiger partial charge in [-0.1, -0.05) is 11.2 Å². The highest BCUT2D eigenvalue weighted by molar-refractivity contribution is 7.00. The van der Waals surface area contributed by atoms with Gasteiger partial charge in [-0.2, -0.15) is 13.7 Å². The molecule has 25 heavy (non-hydrogen) atoms. The van der Waals surface area contributed by atoms with Crippen molar-refractivity contribution in [3.05, 3.63) is 29.4 Å². The minimum atomic E-state index is -0.200. The van der Waals surface area contributed by atoms with Crippen LogP contribution >= 0.6 is 11.7 Å². The molecule has 9 heteroatoms. The lowest BCUT2D eigenvalue weighted by Crippen LogP contribution is -2.33. The van der Waals surface area contributed by atoms with Gasteiger partial charge >= 0.3 is 6.03 Å². The first kappa shape index (κ1) is 15.9. The molecule has 130 valence electrons. The molecule has 2 amide bonds. The largest absolute Gasteiger partial charge is 0.339 e. The number of urea groups is 1. The molecule has 1 aromatic carbocycles. The molecule has 1 fully saturated rings. The molecule has 1 N–H and O–H groups in total. The van der Waals surface area contributed by atoms with E-state index < -0.39 is 0 Å². The number of benzene rings is 1. The summed E-state index contributed by atoms with van der Waals surface area (Å²) in [6, 6.07) is 3.63. The van der Waals surface area contributed by atoms with E-state index in [9.17, 15) is 4.79 Å². The Morgan fingerprint density at radius 1 is 1.40 bits per heavy atom. The zero-order valence-electron chi connectivity index (χ0n) is 14.0. The molecular formula is C16H18N6O2S. The number of rotatable bonds is 5. The predicted octanol–water partition coefficient (Wildman–Crippen LogP) is 2.97. The van der Waals surface area contributed by atoms with Gasteiger partial charge in [0.1, 0.15) is 11.0 Å². The van der Waals surface area contributed by atoms with Crippen LogP contribution < -0.4 is 5.32 Å². The molecule has 2 aromatic heterocycles. The van der Waals surface area contributed by atoms with Crippen molar-refractivity contribution in [1.29, 1.82) is 0 Å². The number of amides is 2. The minimum Gasteiger partial charge on any atom is -0.339 e. The molecule has 0 radical (unpaired) electrons. The molecule has 0 atom stereocenters. The van der Waals surface area contributed by atoms with Gasteiger partial charge in [0, 0.05) is 25.9 Å². The smallest absolute Gasteiger partial charge is 0.321 e. The Morgan fingerprint density at radius 3 is 3.04 bits per heavy atom. The van der Waals surface area contributed by atoms with Gasteiger partial charge in [-0.15, -0.1) is 0 Å².